The second-order valence-corrected chi connectivity index (χ2v) is 6.09. The SMILES string of the molecule is O=C(O)[C@H](c1ccccc1Cl)[N+]1=Cc2ccsc2CC1.[Br-]. The van der Waals surface area contributed by atoms with Gasteiger partial charge in [0.2, 0.25) is 0 Å². The number of rotatable bonds is 3. The van der Waals surface area contributed by atoms with E-state index in [4.69, 9.17) is 11.6 Å². The molecule has 1 aliphatic rings. The summed E-state index contributed by atoms with van der Waals surface area (Å²) in [6, 6.07) is 8.41. The normalized spacial score (nSPS) is 14.6. The molecule has 0 saturated heterocycles. The lowest BCUT2D eigenvalue weighted by molar-refractivity contribution is -0.556. The van der Waals surface area contributed by atoms with Crippen LogP contribution in [0.25, 0.3) is 0 Å². The number of fused-ring (bicyclic) bond motifs is 1. The van der Waals surface area contributed by atoms with Crippen molar-refractivity contribution in [1.29, 1.82) is 0 Å². The number of hydrogen-bond donors (Lipinski definition) is 1. The maximum absolute atomic E-state index is 11.7. The molecule has 0 amide bonds. The molecule has 2 heterocycles. The van der Waals surface area contributed by atoms with Crippen molar-refractivity contribution in [1.82, 2.24) is 0 Å². The molecule has 3 nitrogen and oxygen atoms in total. The number of carboxylic acids is 1. The highest BCUT2D eigenvalue weighted by atomic mass is 79.9. The molecule has 0 spiro atoms. The van der Waals surface area contributed by atoms with E-state index >= 15 is 0 Å². The minimum atomic E-state index is -0.881. The van der Waals surface area contributed by atoms with Gasteiger partial charge in [0.15, 0.2) is 6.21 Å². The smallest absolute Gasteiger partial charge is 0.378 e. The summed E-state index contributed by atoms with van der Waals surface area (Å²) in [5.74, 6) is -0.881. The summed E-state index contributed by atoms with van der Waals surface area (Å²) >= 11 is 7.87. The first-order valence-corrected chi connectivity index (χ1v) is 7.57. The van der Waals surface area contributed by atoms with Crippen molar-refractivity contribution < 1.29 is 31.5 Å². The van der Waals surface area contributed by atoms with Gasteiger partial charge in [0, 0.05) is 16.9 Å². The lowest BCUT2D eigenvalue weighted by atomic mass is 10.0. The van der Waals surface area contributed by atoms with Crippen LogP contribution < -0.4 is 17.0 Å². The fourth-order valence-electron chi connectivity index (χ4n) is 2.50. The van der Waals surface area contributed by atoms with Crippen molar-refractivity contribution in [2.75, 3.05) is 6.54 Å². The largest absolute Gasteiger partial charge is 1.00 e. The highest BCUT2D eigenvalue weighted by Crippen LogP contribution is 2.28. The van der Waals surface area contributed by atoms with E-state index in [1.54, 1.807) is 23.5 Å². The zero-order valence-corrected chi connectivity index (χ0v) is 14.2. The van der Waals surface area contributed by atoms with Crippen molar-refractivity contribution in [3.8, 4) is 0 Å². The summed E-state index contributed by atoms with van der Waals surface area (Å²) < 4.78 is 1.86. The van der Waals surface area contributed by atoms with Crippen LogP contribution in [0.1, 0.15) is 22.0 Å². The fourth-order valence-corrected chi connectivity index (χ4v) is 3.58. The second-order valence-electron chi connectivity index (χ2n) is 4.68. The predicted octanol–water partition coefficient (Wildman–Crippen LogP) is 0.219. The predicted molar refractivity (Wildman–Crippen MR) is 80.1 cm³/mol. The van der Waals surface area contributed by atoms with Gasteiger partial charge in [-0.1, -0.05) is 29.8 Å². The summed E-state index contributed by atoms with van der Waals surface area (Å²) in [6.45, 7) is 0.690. The molecule has 1 atom stereocenters. The van der Waals surface area contributed by atoms with Gasteiger partial charge < -0.3 is 22.1 Å². The third-order valence-electron chi connectivity index (χ3n) is 3.45. The Morgan fingerprint density at radius 2 is 2.10 bits per heavy atom. The Hall–Kier alpha value is -1.17. The van der Waals surface area contributed by atoms with E-state index in [1.165, 1.54) is 4.88 Å². The molecule has 0 fully saturated rings. The van der Waals surface area contributed by atoms with Crippen LogP contribution in [0.5, 0.6) is 0 Å². The number of nitrogens with zero attached hydrogens (tertiary/aromatic N) is 1. The van der Waals surface area contributed by atoms with Gasteiger partial charge in [0.05, 0.1) is 10.6 Å². The van der Waals surface area contributed by atoms with Crippen molar-refractivity contribution in [2.45, 2.75) is 12.5 Å². The first-order valence-electron chi connectivity index (χ1n) is 6.31. The van der Waals surface area contributed by atoms with Gasteiger partial charge in [-0.2, -0.15) is 0 Å². The van der Waals surface area contributed by atoms with Crippen molar-refractivity contribution in [3.05, 3.63) is 56.7 Å². The third-order valence-corrected chi connectivity index (χ3v) is 4.79. The van der Waals surface area contributed by atoms with Crippen LogP contribution in [0.2, 0.25) is 5.02 Å². The Balaban J connectivity index is 0.00000161. The third kappa shape index (κ3) is 3.20. The molecule has 0 unspecified atom stereocenters. The first kappa shape index (κ1) is 16.2. The summed E-state index contributed by atoms with van der Waals surface area (Å²) in [5, 5.41) is 12.1. The Morgan fingerprint density at radius 1 is 1.33 bits per heavy atom. The van der Waals surface area contributed by atoms with Crippen molar-refractivity contribution >= 4 is 35.1 Å². The molecular formula is C15H13BrClNO2S. The van der Waals surface area contributed by atoms with Crippen molar-refractivity contribution in [3.63, 3.8) is 0 Å². The van der Waals surface area contributed by atoms with Gasteiger partial charge in [-0.3, -0.25) is 0 Å². The molecule has 1 aromatic heterocycles. The molecule has 0 aliphatic carbocycles. The number of benzene rings is 1. The Labute approximate surface area is 142 Å². The Morgan fingerprint density at radius 3 is 2.81 bits per heavy atom. The van der Waals surface area contributed by atoms with E-state index in [9.17, 15) is 9.90 Å². The number of halogens is 2. The highest BCUT2D eigenvalue weighted by Gasteiger charge is 2.34. The van der Waals surface area contributed by atoms with Crippen molar-refractivity contribution in [2.24, 2.45) is 0 Å². The standard InChI is InChI=1S/C15H12ClNO2S.BrH/c16-12-4-2-1-3-11(12)14(15(18)19)17-7-5-13-10(9-17)6-8-20-13;/h1-4,6,8-9,14H,5,7H2;1H/t14-;/m0./s1. The second kappa shape index (κ2) is 6.73. The zero-order valence-electron chi connectivity index (χ0n) is 11.0. The molecule has 0 bridgehead atoms. The summed E-state index contributed by atoms with van der Waals surface area (Å²) in [7, 11) is 0. The number of carboxylic acid groups (broad SMARTS) is 1. The Kier molecular flexibility index (Phi) is 5.19. The molecular weight excluding hydrogens is 374 g/mol. The molecule has 1 aliphatic heterocycles. The summed E-state index contributed by atoms with van der Waals surface area (Å²) in [6.07, 6.45) is 2.80. The van der Waals surface area contributed by atoms with E-state index < -0.39 is 12.0 Å². The average Bonchev–Trinajstić information content (AvgIpc) is 2.88. The van der Waals surface area contributed by atoms with Gasteiger partial charge in [0.25, 0.3) is 6.04 Å². The molecule has 0 saturated carbocycles. The molecule has 21 heavy (non-hydrogen) atoms. The minimum absolute atomic E-state index is 0. The first-order chi connectivity index (χ1) is 9.66. The molecule has 6 heteroatoms. The van der Waals surface area contributed by atoms with E-state index in [2.05, 4.69) is 0 Å². The lowest BCUT2D eigenvalue weighted by Gasteiger charge is -2.16. The van der Waals surface area contributed by atoms with Crippen LogP contribution in [0, 0.1) is 0 Å². The zero-order chi connectivity index (χ0) is 14.1. The van der Waals surface area contributed by atoms with Crippen LogP contribution in [-0.4, -0.2) is 28.4 Å². The summed E-state index contributed by atoms with van der Waals surface area (Å²) in [5.41, 5.74) is 1.75. The highest BCUT2D eigenvalue weighted by molar-refractivity contribution is 7.10. The van der Waals surface area contributed by atoms with E-state index in [0.717, 1.165) is 12.0 Å². The van der Waals surface area contributed by atoms with Gasteiger partial charge >= 0.3 is 5.97 Å². The molecule has 0 radical (unpaired) electrons. The molecule has 2 aromatic rings. The molecule has 3 rings (SSSR count). The lowest BCUT2D eigenvalue weighted by Crippen LogP contribution is -3.00. The fraction of sp³-hybridized carbons (Fsp3) is 0.200. The van der Waals surface area contributed by atoms with Gasteiger partial charge in [-0.25, -0.2) is 9.37 Å². The number of thiophene rings is 1. The monoisotopic (exact) mass is 385 g/mol. The van der Waals surface area contributed by atoms with Gasteiger partial charge in [0.1, 0.15) is 6.54 Å². The Bertz CT molecular complexity index is 698. The maximum atomic E-state index is 11.7. The number of hydrogen-bond acceptors (Lipinski definition) is 2. The van der Waals surface area contributed by atoms with E-state index in [1.807, 2.05) is 34.4 Å². The van der Waals surface area contributed by atoms with Crippen LogP contribution in [0.15, 0.2) is 35.7 Å². The van der Waals surface area contributed by atoms with Gasteiger partial charge in [-0.05, 0) is 17.5 Å². The van der Waals surface area contributed by atoms with Gasteiger partial charge in [-0.15, -0.1) is 11.3 Å². The van der Waals surface area contributed by atoms with Crippen LogP contribution in [0.4, 0.5) is 0 Å². The van der Waals surface area contributed by atoms with Crippen LogP contribution >= 0.6 is 22.9 Å². The molecule has 1 N–H and O–H groups in total. The van der Waals surface area contributed by atoms with Crippen LogP contribution in [0.3, 0.4) is 0 Å². The maximum Gasteiger partial charge on any atom is 0.378 e. The minimum Gasteiger partial charge on any atom is -1.00 e. The van der Waals surface area contributed by atoms with E-state index in [-0.39, 0.29) is 17.0 Å². The molecule has 110 valence electrons. The summed E-state index contributed by atoms with van der Waals surface area (Å²) in [4.78, 5) is 13.0. The number of carbonyl (C=O) groups is 1. The van der Waals surface area contributed by atoms with Crippen LogP contribution in [-0.2, 0) is 11.2 Å². The van der Waals surface area contributed by atoms with E-state index in [0.29, 0.717) is 17.1 Å². The quantitative estimate of drug-likeness (QED) is 0.767. The average molecular weight is 387 g/mol. The molecule has 1 aromatic carbocycles. The topological polar surface area (TPSA) is 40.3 Å². The number of aliphatic carboxylic acids is 1.